The Morgan fingerprint density at radius 1 is 0.968 bits per heavy atom. The summed E-state index contributed by atoms with van der Waals surface area (Å²) >= 11 is 0. The number of methoxy groups -OCH3 is 1. The van der Waals surface area contributed by atoms with Crippen molar-refractivity contribution in [3.8, 4) is 5.75 Å². The van der Waals surface area contributed by atoms with Crippen LogP contribution in [-0.2, 0) is 16.6 Å². The molecule has 4 fully saturated rings. The Morgan fingerprint density at radius 3 is 2.32 bits per heavy atom. The van der Waals surface area contributed by atoms with E-state index < -0.39 is 32.1 Å². The number of ether oxygens (including phenoxy) is 1. The van der Waals surface area contributed by atoms with E-state index in [0.717, 1.165) is 82.5 Å². The first-order valence-corrected chi connectivity index (χ1v) is 23.5. The van der Waals surface area contributed by atoms with Crippen LogP contribution >= 0.6 is 0 Å². The predicted molar refractivity (Wildman–Crippen MR) is 241 cm³/mol. The SMILES string of the molecule is COc1ccc(CN2CCN(C3CC4(C3)CN(c3ccc(C(=O)NS(=O)(=O)c5ccc(NCC6CCC(C)(O)CC6)c([N+](=O)[O-])c5)cc3)C4)[C@H](c3ccccc3C(C)C)C2)cc1. The van der Waals surface area contributed by atoms with E-state index in [9.17, 15) is 28.4 Å². The smallest absolute Gasteiger partial charge is 0.293 e. The summed E-state index contributed by atoms with van der Waals surface area (Å²) in [6.45, 7) is 12.6. The van der Waals surface area contributed by atoms with E-state index in [2.05, 4.69) is 75.0 Å². The number of nitro benzene ring substituents is 1. The molecule has 13 nitrogen and oxygen atoms in total. The fourth-order valence-corrected chi connectivity index (χ4v) is 11.2. The highest BCUT2D eigenvalue weighted by molar-refractivity contribution is 7.90. The summed E-state index contributed by atoms with van der Waals surface area (Å²) in [4.78, 5) is 31.8. The third-order valence-electron chi connectivity index (χ3n) is 13.9. The Balaban J connectivity index is 0.860. The van der Waals surface area contributed by atoms with Crippen molar-refractivity contribution in [2.24, 2.45) is 11.3 Å². The number of carbonyl (C=O) groups excluding carboxylic acids is 1. The zero-order valence-electron chi connectivity index (χ0n) is 36.3. The first-order valence-electron chi connectivity index (χ1n) is 22.0. The second-order valence-electron chi connectivity index (χ2n) is 18.8. The van der Waals surface area contributed by atoms with Gasteiger partial charge >= 0.3 is 0 Å². The number of sulfonamides is 1. The lowest BCUT2D eigenvalue weighted by Crippen LogP contribution is -2.68. The van der Waals surface area contributed by atoms with Crippen molar-refractivity contribution in [1.82, 2.24) is 14.5 Å². The van der Waals surface area contributed by atoms with Crippen LogP contribution in [0.5, 0.6) is 5.75 Å². The van der Waals surface area contributed by atoms with Gasteiger partial charge in [-0.15, -0.1) is 0 Å². The molecular formula is C48H60N6O7S. The van der Waals surface area contributed by atoms with Crippen LogP contribution in [0.4, 0.5) is 17.1 Å². The monoisotopic (exact) mass is 864 g/mol. The van der Waals surface area contributed by atoms with Gasteiger partial charge in [-0.25, -0.2) is 13.1 Å². The van der Waals surface area contributed by atoms with Crippen LogP contribution in [0, 0.1) is 21.4 Å². The van der Waals surface area contributed by atoms with Gasteiger partial charge in [-0.2, -0.15) is 0 Å². The number of nitrogens with one attached hydrogen (secondary N) is 2. The fourth-order valence-electron chi connectivity index (χ4n) is 10.2. The molecule has 1 amide bonds. The summed E-state index contributed by atoms with van der Waals surface area (Å²) in [7, 11) is -2.71. The number of nitro groups is 1. The summed E-state index contributed by atoms with van der Waals surface area (Å²) in [5.74, 6) is 0.728. The maximum atomic E-state index is 13.3. The summed E-state index contributed by atoms with van der Waals surface area (Å²) in [5.41, 5.74) is 4.67. The molecule has 2 saturated heterocycles. The maximum absolute atomic E-state index is 13.3. The molecule has 1 atom stereocenters. The van der Waals surface area contributed by atoms with Crippen molar-refractivity contribution in [2.45, 2.75) is 94.3 Å². The zero-order valence-corrected chi connectivity index (χ0v) is 37.1. The van der Waals surface area contributed by atoms with Crippen LogP contribution in [0.25, 0.3) is 0 Å². The molecule has 14 heteroatoms. The minimum Gasteiger partial charge on any atom is -0.497 e. The summed E-state index contributed by atoms with van der Waals surface area (Å²) in [5, 5.41) is 25.3. The number of hydrogen-bond acceptors (Lipinski definition) is 11. The van der Waals surface area contributed by atoms with Gasteiger partial charge in [-0.1, -0.05) is 50.2 Å². The van der Waals surface area contributed by atoms with Gasteiger partial charge in [0.2, 0.25) is 0 Å². The molecule has 2 heterocycles. The lowest BCUT2D eigenvalue weighted by atomic mass is 9.59. The molecule has 4 aromatic carbocycles. The number of hydrogen-bond donors (Lipinski definition) is 3. The highest BCUT2D eigenvalue weighted by atomic mass is 32.2. The van der Waals surface area contributed by atoms with E-state index >= 15 is 0 Å². The Kier molecular flexibility index (Phi) is 12.4. The topological polar surface area (TPSA) is 158 Å². The largest absolute Gasteiger partial charge is 0.497 e. The number of piperazine rings is 1. The van der Waals surface area contributed by atoms with E-state index in [1.165, 1.54) is 28.8 Å². The molecule has 4 aromatic rings. The Bertz CT molecular complexity index is 2350. The molecule has 2 aliphatic carbocycles. The standard InChI is InChI=1S/C48H60N6O7S/c1-33(2)41-7-5-6-8-42(41)45-30-51(29-35-9-15-39(61-4)16-10-35)23-24-53(45)38-26-48(27-38)31-52(32-48)37-13-11-36(12-14-37)46(55)50-62(59,60)40-17-18-43(44(25-40)54(57)58)49-28-34-19-21-47(3,56)22-20-34/h5-18,25,33-34,38,45,49,56H,19-24,26-32H2,1-4H3,(H,50,55)/t34?,45-,47?/m0/s1. The normalized spacial score (nSPS) is 23.1. The molecule has 2 saturated carbocycles. The number of nitrogens with zero attached hydrogens (tertiary/aromatic N) is 4. The fraction of sp³-hybridized carbons (Fsp3) is 0.479. The third-order valence-corrected chi connectivity index (χ3v) is 15.2. The first kappa shape index (κ1) is 43.6. The average Bonchev–Trinajstić information content (AvgIpc) is 3.22. The highest BCUT2D eigenvalue weighted by Gasteiger charge is 2.55. The number of aliphatic hydroxyl groups is 1. The summed E-state index contributed by atoms with van der Waals surface area (Å²) in [6.07, 6.45) is 5.16. The van der Waals surface area contributed by atoms with Gasteiger partial charge in [0, 0.05) is 80.6 Å². The van der Waals surface area contributed by atoms with E-state index in [0.29, 0.717) is 37.4 Å². The number of anilines is 2. The minimum atomic E-state index is -4.40. The van der Waals surface area contributed by atoms with Gasteiger partial charge in [-0.05, 0) is 123 Å². The summed E-state index contributed by atoms with van der Waals surface area (Å²) in [6, 6.07) is 28.7. The maximum Gasteiger partial charge on any atom is 0.293 e. The van der Waals surface area contributed by atoms with E-state index in [-0.39, 0.29) is 27.5 Å². The summed E-state index contributed by atoms with van der Waals surface area (Å²) < 4.78 is 34.1. The van der Waals surface area contributed by atoms with Crippen LogP contribution in [-0.4, -0.2) is 92.2 Å². The molecule has 0 bridgehead atoms. The van der Waals surface area contributed by atoms with Crippen molar-refractivity contribution < 1.29 is 28.0 Å². The van der Waals surface area contributed by atoms with Crippen molar-refractivity contribution in [2.75, 3.05) is 56.6 Å². The number of amides is 1. The van der Waals surface area contributed by atoms with Crippen LogP contribution < -0.4 is 19.7 Å². The number of carbonyl (C=O) groups is 1. The molecular weight excluding hydrogens is 805 g/mol. The molecule has 0 aromatic heterocycles. The van der Waals surface area contributed by atoms with Gasteiger partial charge in [0.15, 0.2) is 0 Å². The molecule has 62 heavy (non-hydrogen) atoms. The number of rotatable bonds is 14. The van der Waals surface area contributed by atoms with Crippen LogP contribution in [0.15, 0.2) is 95.9 Å². The Hall–Kier alpha value is -5.02. The van der Waals surface area contributed by atoms with Crippen LogP contribution in [0.3, 0.4) is 0 Å². The van der Waals surface area contributed by atoms with Crippen molar-refractivity contribution in [3.05, 3.63) is 123 Å². The highest BCUT2D eigenvalue weighted by Crippen LogP contribution is 2.53. The minimum absolute atomic E-state index is 0.175. The van der Waals surface area contributed by atoms with E-state index in [4.69, 9.17) is 4.74 Å². The molecule has 8 rings (SSSR count). The molecule has 2 aliphatic heterocycles. The Labute approximate surface area is 365 Å². The molecule has 4 aliphatic rings. The van der Waals surface area contributed by atoms with Gasteiger partial charge < -0.3 is 20.1 Å². The quantitative estimate of drug-likeness (QED) is 0.0842. The van der Waals surface area contributed by atoms with Crippen LogP contribution in [0.2, 0.25) is 0 Å². The lowest BCUT2D eigenvalue weighted by molar-refractivity contribution is -0.384. The molecule has 330 valence electrons. The van der Waals surface area contributed by atoms with Gasteiger partial charge in [-0.3, -0.25) is 24.7 Å². The van der Waals surface area contributed by atoms with Gasteiger partial charge in [0.1, 0.15) is 11.4 Å². The molecule has 3 N–H and O–H groups in total. The van der Waals surface area contributed by atoms with Gasteiger partial charge in [0.25, 0.3) is 21.6 Å². The molecule has 0 unspecified atom stereocenters. The van der Waals surface area contributed by atoms with Crippen molar-refractivity contribution >= 4 is 33.0 Å². The van der Waals surface area contributed by atoms with Crippen LogP contribution in [0.1, 0.15) is 98.3 Å². The van der Waals surface area contributed by atoms with E-state index in [1.807, 2.05) is 31.2 Å². The second-order valence-corrected chi connectivity index (χ2v) is 20.5. The van der Waals surface area contributed by atoms with Crippen molar-refractivity contribution in [1.29, 1.82) is 0 Å². The van der Waals surface area contributed by atoms with E-state index in [1.54, 1.807) is 19.2 Å². The number of benzene rings is 4. The average molecular weight is 865 g/mol. The third kappa shape index (κ3) is 9.48. The second kappa shape index (κ2) is 17.6. The van der Waals surface area contributed by atoms with Crippen molar-refractivity contribution in [3.63, 3.8) is 0 Å². The first-order chi connectivity index (χ1) is 29.6. The Morgan fingerprint density at radius 2 is 1.66 bits per heavy atom. The zero-order chi connectivity index (χ0) is 43.8. The predicted octanol–water partition coefficient (Wildman–Crippen LogP) is 7.73. The molecule has 0 radical (unpaired) electrons. The molecule has 1 spiro atoms. The van der Waals surface area contributed by atoms with Gasteiger partial charge in [0.05, 0.1) is 22.5 Å². The lowest BCUT2D eigenvalue weighted by Gasteiger charge is -2.63.